The van der Waals surface area contributed by atoms with Crippen LogP contribution in [0.1, 0.15) is 21.5 Å². The van der Waals surface area contributed by atoms with Crippen LogP contribution in [0.3, 0.4) is 0 Å². The fourth-order valence-corrected chi connectivity index (χ4v) is 2.12. The average Bonchev–Trinajstić information content (AvgIpc) is 2.55. The van der Waals surface area contributed by atoms with Crippen LogP contribution in [-0.2, 0) is 11.2 Å². The van der Waals surface area contributed by atoms with E-state index in [9.17, 15) is 19.7 Å². The summed E-state index contributed by atoms with van der Waals surface area (Å²) in [6, 6.07) is 10.7. The number of rotatable bonds is 4. The molecule has 0 heterocycles. The maximum absolute atomic E-state index is 12.1. The smallest absolute Gasteiger partial charge is 0.270 e. The molecule has 2 amide bonds. The van der Waals surface area contributed by atoms with Gasteiger partial charge in [-0.3, -0.25) is 30.6 Å². The van der Waals surface area contributed by atoms with Crippen LogP contribution >= 0.6 is 11.6 Å². The third-order valence-electron chi connectivity index (χ3n) is 3.27. The molecule has 0 aliphatic carbocycles. The number of benzene rings is 2. The zero-order valence-corrected chi connectivity index (χ0v) is 13.5. The Balaban J connectivity index is 1.97. The molecule has 2 rings (SSSR count). The number of nitrogens with zero attached hydrogens (tertiary/aromatic N) is 1. The summed E-state index contributed by atoms with van der Waals surface area (Å²) in [5.74, 6) is -1.05. The molecule has 124 valence electrons. The number of nitro groups is 1. The van der Waals surface area contributed by atoms with E-state index in [4.69, 9.17) is 11.6 Å². The van der Waals surface area contributed by atoms with Crippen LogP contribution in [0.15, 0.2) is 42.5 Å². The first-order chi connectivity index (χ1) is 11.4. The van der Waals surface area contributed by atoms with Gasteiger partial charge in [0, 0.05) is 17.2 Å². The van der Waals surface area contributed by atoms with Gasteiger partial charge in [-0.1, -0.05) is 29.8 Å². The lowest BCUT2D eigenvalue weighted by molar-refractivity contribution is -0.384. The number of hydrogen-bond acceptors (Lipinski definition) is 4. The van der Waals surface area contributed by atoms with Crippen LogP contribution in [0.5, 0.6) is 0 Å². The standard InChI is InChI=1S/C16H14ClN3O4/c1-10-2-7-13(20(23)24)9-14(10)16(22)19-18-15(21)8-11-3-5-12(17)6-4-11/h2-7,9H,8H2,1H3,(H,18,21)(H,19,22). The maximum atomic E-state index is 12.1. The van der Waals surface area contributed by atoms with Gasteiger partial charge in [0.1, 0.15) is 0 Å². The summed E-state index contributed by atoms with van der Waals surface area (Å²) in [4.78, 5) is 34.1. The summed E-state index contributed by atoms with van der Waals surface area (Å²) in [7, 11) is 0. The molecule has 0 bridgehead atoms. The van der Waals surface area contributed by atoms with Crippen molar-refractivity contribution in [3.8, 4) is 0 Å². The Morgan fingerprint density at radius 3 is 2.42 bits per heavy atom. The first-order valence-electron chi connectivity index (χ1n) is 6.95. The van der Waals surface area contributed by atoms with Crippen molar-refractivity contribution in [2.24, 2.45) is 0 Å². The summed E-state index contributed by atoms with van der Waals surface area (Å²) in [6.07, 6.45) is 0.0609. The predicted molar refractivity (Wildman–Crippen MR) is 88.6 cm³/mol. The SMILES string of the molecule is Cc1ccc([N+](=O)[O-])cc1C(=O)NNC(=O)Cc1ccc(Cl)cc1. The van der Waals surface area contributed by atoms with Gasteiger partial charge in [-0.2, -0.15) is 0 Å². The van der Waals surface area contributed by atoms with E-state index >= 15 is 0 Å². The Hall–Kier alpha value is -2.93. The van der Waals surface area contributed by atoms with Crippen molar-refractivity contribution >= 4 is 29.1 Å². The molecule has 2 aromatic rings. The van der Waals surface area contributed by atoms with Crippen LogP contribution in [0.25, 0.3) is 0 Å². The number of hydrazine groups is 1. The topological polar surface area (TPSA) is 101 Å². The molecule has 2 N–H and O–H groups in total. The molecule has 0 aliphatic heterocycles. The number of halogens is 1. The molecule has 0 aromatic heterocycles. The van der Waals surface area contributed by atoms with Gasteiger partial charge in [-0.25, -0.2) is 0 Å². The van der Waals surface area contributed by atoms with Gasteiger partial charge in [-0.15, -0.1) is 0 Å². The quantitative estimate of drug-likeness (QED) is 0.655. The van der Waals surface area contributed by atoms with Gasteiger partial charge in [0.15, 0.2) is 0 Å². The highest BCUT2D eigenvalue weighted by Crippen LogP contribution is 2.17. The minimum Gasteiger partial charge on any atom is -0.273 e. The molecule has 0 fully saturated rings. The molecular formula is C16H14ClN3O4. The summed E-state index contributed by atoms with van der Waals surface area (Å²) in [5, 5.41) is 11.3. The zero-order valence-electron chi connectivity index (χ0n) is 12.7. The summed E-state index contributed by atoms with van der Waals surface area (Å²) in [6.45, 7) is 1.65. The van der Waals surface area contributed by atoms with Crippen molar-refractivity contribution in [2.45, 2.75) is 13.3 Å². The third kappa shape index (κ3) is 4.53. The Morgan fingerprint density at radius 1 is 1.12 bits per heavy atom. The molecule has 0 aliphatic rings. The monoisotopic (exact) mass is 347 g/mol. The van der Waals surface area contributed by atoms with Crippen molar-refractivity contribution in [1.29, 1.82) is 0 Å². The van der Waals surface area contributed by atoms with E-state index in [1.807, 2.05) is 0 Å². The minimum atomic E-state index is -0.624. The Kier molecular flexibility index (Phi) is 5.49. The Bertz CT molecular complexity index is 790. The third-order valence-corrected chi connectivity index (χ3v) is 3.52. The second-order valence-electron chi connectivity index (χ2n) is 5.06. The van der Waals surface area contributed by atoms with E-state index in [0.717, 1.165) is 11.6 Å². The summed E-state index contributed by atoms with van der Waals surface area (Å²) < 4.78 is 0. The van der Waals surface area contributed by atoms with Crippen molar-refractivity contribution in [2.75, 3.05) is 0 Å². The highest BCUT2D eigenvalue weighted by atomic mass is 35.5. The van der Waals surface area contributed by atoms with Crippen LogP contribution in [-0.4, -0.2) is 16.7 Å². The van der Waals surface area contributed by atoms with Crippen molar-refractivity contribution in [3.05, 3.63) is 74.3 Å². The number of aryl methyl sites for hydroxylation is 1. The van der Waals surface area contributed by atoms with E-state index < -0.39 is 16.7 Å². The van der Waals surface area contributed by atoms with E-state index in [-0.39, 0.29) is 17.7 Å². The molecule has 0 saturated heterocycles. The number of nitrogens with one attached hydrogen (secondary N) is 2. The molecular weight excluding hydrogens is 334 g/mol. The van der Waals surface area contributed by atoms with Crippen LogP contribution in [0.2, 0.25) is 5.02 Å². The first-order valence-corrected chi connectivity index (χ1v) is 7.33. The number of amides is 2. The van der Waals surface area contributed by atoms with E-state index in [2.05, 4.69) is 10.9 Å². The van der Waals surface area contributed by atoms with Gasteiger partial charge in [0.05, 0.1) is 16.9 Å². The molecule has 2 aromatic carbocycles. The second kappa shape index (κ2) is 7.56. The highest BCUT2D eigenvalue weighted by Gasteiger charge is 2.15. The molecule has 0 unspecified atom stereocenters. The summed E-state index contributed by atoms with van der Waals surface area (Å²) in [5.41, 5.74) is 5.75. The van der Waals surface area contributed by atoms with Gasteiger partial charge >= 0.3 is 0 Å². The van der Waals surface area contributed by atoms with Crippen molar-refractivity contribution in [1.82, 2.24) is 10.9 Å². The van der Waals surface area contributed by atoms with E-state index in [1.165, 1.54) is 12.1 Å². The molecule has 24 heavy (non-hydrogen) atoms. The van der Waals surface area contributed by atoms with E-state index in [0.29, 0.717) is 10.6 Å². The van der Waals surface area contributed by atoms with Crippen LogP contribution in [0, 0.1) is 17.0 Å². The molecule has 0 radical (unpaired) electrons. The normalized spacial score (nSPS) is 10.1. The van der Waals surface area contributed by atoms with Crippen LogP contribution < -0.4 is 10.9 Å². The molecule has 0 atom stereocenters. The Morgan fingerprint density at radius 2 is 1.79 bits per heavy atom. The lowest BCUT2D eigenvalue weighted by atomic mass is 10.1. The van der Waals surface area contributed by atoms with Crippen molar-refractivity contribution in [3.63, 3.8) is 0 Å². The van der Waals surface area contributed by atoms with Gasteiger partial charge in [0.2, 0.25) is 5.91 Å². The highest BCUT2D eigenvalue weighted by molar-refractivity contribution is 6.30. The lowest BCUT2D eigenvalue weighted by Crippen LogP contribution is -2.42. The van der Waals surface area contributed by atoms with E-state index in [1.54, 1.807) is 31.2 Å². The number of nitro benzene ring substituents is 1. The zero-order chi connectivity index (χ0) is 17.7. The molecule has 8 heteroatoms. The number of hydrogen-bond donors (Lipinski definition) is 2. The maximum Gasteiger partial charge on any atom is 0.270 e. The fourth-order valence-electron chi connectivity index (χ4n) is 1.99. The predicted octanol–water partition coefficient (Wildman–Crippen LogP) is 2.56. The lowest BCUT2D eigenvalue weighted by Gasteiger charge is -2.09. The number of carbonyl (C=O) groups is 2. The Labute approximate surface area is 142 Å². The van der Waals surface area contributed by atoms with Gasteiger partial charge < -0.3 is 0 Å². The minimum absolute atomic E-state index is 0.0609. The van der Waals surface area contributed by atoms with Gasteiger partial charge in [0.25, 0.3) is 11.6 Å². The number of carbonyl (C=O) groups excluding carboxylic acids is 2. The average molecular weight is 348 g/mol. The molecule has 0 spiro atoms. The van der Waals surface area contributed by atoms with Gasteiger partial charge in [-0.05, 0) is 30.2 Å². The molecule has 0 saturated carbocycles. The largest absolute Gasteiger partial charge is 0.273 e. The fraction of sp³-hybridized carbons (Fsp3) is 0.125. The first kappa shape index (κ1) is 17.4. The summed E-state index contributed by atoms with van der Waals surface area (Å²) >= 11 is 5.76. The van der Waals surface area contributed by atoms with Crippen LogP contribution in [0.4, 0.5) is 5.69 Å². The number of non-ortho nitro benzene ring substituents is 1. The second-order valence-corrected chi connectivity index (χ2v) is 5.50. The molecule has 7 nitrogen and oxygen atoms in total. The van der Waals surface area contributed by atoms with Crippen molar-refractivity contribution < 1.29 is 14.5 Å².